The fourth-order valence-corrected chi connectivity index (χ4v) is 5.01. The van der Waals surface area contributed by atoms with E-state index >= 15 is 0 Å². The maximum atomic E-state index is 13.9. The average molecular weight is 587 g/mol. The number of hydrogen-bond acceptors (Lipinski definition) is 9. The molecule has 5 rings (SSSR count). The number of nitriles is 1. The Morgan fingerprint density at radius 2 is 2.00 bits per heavy atom. The van der Waals surface area contributed by atoms with Gasteiger partial charge in [0, 0.05) is 41.8 Å². The highest BCUT2D eigenvalue weighted by molar-refractivity contribution is 6.35. The van der Waals surface area contributed by atoms with Crippen molar-refractivity contribution in [1.82, 2.24) is 25.9 Å². The molecular weight excluding hydrogens is 557 g/mol. The van der Waals surface area contributed by atoms with Gasteiger partial charge < -0.3 is 20.8 Å². The molecule has 0 unspecified atom stereocenters. The number of anilines is 2. The van der Waals surface area contributed by atoms with Gasteiger partial charge in [-0.15, -0.1) is 5.53 Å². The Bertz CT molecular complexity index is 1540. The van der Waals surface area contributed by atoms with Gasteiger partial charge in [-0.05, 0) is 42.5 Å². The van der Waals surface area contributed by atoms with Crippen LogP contribution in [-0.4, -0.2) is 40.3 Å². The van der Waals surface area contributed by atoms with Gasteiger partial charge in [-0.2, -0.15) is 18.4 Å². The smallest absolute Gasteiger partial charge is 0.413 e. The van der Waals surface area contributed by atoms with Crippen LogP contribution >= 0.6 is 11.6 Å². The third kappa shape index (κ3) is 5.52. The first-order valence-corrected chi connectivity index (χ1v) is 13.4. The SMILES string of the molecule is COc1ncccc1[C@H](Nc1cc(Cl)c2ncc(C#N)c(NCC(C)(C)C)c2c1)C1=CN(C2(C(F)(F)F)CC2)NN1. The minimum atomic E-state index is -4.41. The molecule has 0 amide bonds. The number of hydrazine groups is 2. The van der Waals surface area contributed by atoms with E-state index in [1.165, 1.54) is 19.5 Å². The van der Waals surface area contributed by atoms with Crippen LogP contribution in [0.4, 0.5) is 24.5 Å². The van der Waals surface area contributed by atoms with Crippen molar-refractivity contribution in [1.29, 1.82) is 5.26 Å². The van der Waals surface area contributed by atoms with Crippen molar-refractivity contribution < 1.29 is 17.9 Å². The molecule has 0 spiro atoms. The van der Waals surface area contributed by atoms with Gasteiger partial charge in [0.2, 0.25) is 5.88 Å². The van der Waals surface area contributed by atoms with Crippen LogP contribution in [0, 0.1) is 16.7 Å². The van der Waals surface area contributed by atoms with Crippen LogP contribution in [0.25, 0.3) is 10.9 Å². The Morgan fingerprint density at radius 3 is 2.63 bits per heavy atom. The molecule has 9 nitrogen and oxygen atoms in total. The summed E-state index contributed by atoms with van der Waals surface area (Å²) in [7, 11) is 1.47. The zero-order valence-corrected chi connectivity index (χ0v) is 23.7. The number of hydrogen-bond donors (Lipinski definition) is 4. The summed E-state index contributed by atoms with van der Waals surface area (Å²) < 4.78 is 47.1. The van der Waals surface area contributed by atoms with Gasteiger partial charge in [-0.3, -0.25) is 9.99 Å². The Hall–Kier alpha value is -3.95. The lowest BCUT2D eigenvalue weighted by Gasteiger charge is -2.28. The molecular formula is C28H30ClF3N8O. The Balaban J connectivity index is 1.58. The van der Waals surface area contributed by atoms with E-state index in [1.54, 1.807) is 24.4 Å². The zero-order chi connectivity index (χ0) is 29.6. The second kappa shape index (κ2) is 10.5. The average Bonchev–Trinajstić information content (AvgIpc) is 3.61. The number of benzene rings is 1. The van der Waals surface area contributed by atoms with Gasteiger partial charge >= 0.3 is 6.18 Å². The predicted octanol–water partition coefficient (Wildman–Crippen LogP) is 6.04. The third-order valence-electron chi connectivity index (χ3n) is 7.07. The number of rotatable bonds is 8. The van der Waals surface area contributed by atoms with E-state index in [1.807, 2.05) is 6.07 Å². The fraction of sp³-hybridized carbons (Fsp3) is 0.393. The third-order valence-corrected chi connectivity index (χ3v) is 7.36. The van der Waals surface area contributed by atoms with Crippen molar-refractivity contribution in [3.8, 4) is 11.9 Å². The topological polar surface area (TPSA) is 110 Å². The molecule has 0 radical (unpaired) electrons. The summed E-state index contributed by atoms with van der Waals surface area (Å²) >= 11 is 6.68. The Morgan fingerprint density at radius 1 is 1.24 bits per heavy atom. The molecule has 1 fully saturated rings. The summed E-state index contributed by atoms with van der Waals surface area (Å²) in [4.78, 5) is 8.70. The number of halogens is 4. The maximum Gasteiger partial charge on any atom is 0.413 e. The molecule has 0 bridgehead atoms. The van der Waals surface area contributed by atoms with E-state index in [4.69, 9.17) is 16.3 Å². The van der Waals surface area contributed by atoms with Crippen LogP contribution < -0.4 is 26.3 Å². The van der Waals surface area contributed by atoms with Crippen molar-refractivity contribution in [3.05, 3.63) is 64.7 Å². The lowest BCUT2D eigenvalue weighted by Crippen LogP contribution is -2.52. The molecule has 2 aliphatic rings. The molecule has 1 atom stereocenters. The summed E-state index contributed by atoms with van der Waals surface area (Å²) in [6, 6.07) is 8.47. The first kappa shape index (κ1) is 28.6. The van der Waals surface area contributed by atoms with Gasteiger partial charge in [0.1, 0.15) is 6.07 Å². The van der Waals surface area contributed by atoms with Crippen molar-refractivity contribution in [2.45, 2.75) is 51.4 Å². The van der Waals surface area contributed by atoms with E-state index in [9.17, 15) is 18.4 Å². The summed E-state index contributed by atoms with van der Waals surface area (Å²) in [5.41, 5.74) is 6.56. The second-order valence-corrected chi connectivity index (χ2v) is 11.7. The van der Waals surface area contributed by atoms with Crippen LogP contribution in [-0.2, 0) is 0 Å². The summed E-state index contributed by atoms with van der Waals surface area (Å²) in [6.07, 6.45) is 0.0371. The highest BCUT2D eigenvalue weighted by Gasteiger charge is 2.67. The maximum absolute atomic E-state index is 13.9. The molecule has 3 aromatic rings. The van der Waals surface area contributed by atoms with Gasteiger partial charge in [0.25, 0.3) is 0 Å². The molecule has 1 saturated carbocycles. The molecule has 216 valence electrons. The van der Waals surface area contributed by atoms with Crippen molar-refractivity contribution >= 4 is 33.9 Å². The number of alkyl halides is 3. The van der Waals surface area contributed by atoms with Gasteiger partial charge in [0.05, 0.1) is 40.6 Å². The molecule has 1 aliphatic heterocycles. The van der Waals surface area contributed by atoms with Gasteiger partial charge in [0.15, 0.2) is 5.54 Å². The largest absolute Gasteiger partial charge is 0.481 e. The number of aromatic nitrogens is 2. The van der Waals surface area contributed by atoms with Crippen LogP contribution in [0.5, 0.6) is 5.88 Å². The molecule has 1 aromatic carbocycles. The fourth-order valence-electron chi connectivity index (χ4n) is 4.74. The normalized spacial score (nSPS) is 17.0. The van der Waals surface area contributed by atoms with E-state index in [0.29, 0.717) is 56.5 Å². The lowest BCUT2D eigenvalue weighted by atomic mass is 9.96. The van der Waals surface area contributed by atoms with Crippen LogP contribution in [0.2, 0.25) is 5.02 Å². The van der Waals surface area contributed by atoms with Crippen LogP contribution in [0.3, 0.4) is 0 Å². The number of methoxy groups -OCH3 is 1. The molecule has 3 heterocycles. The predicted molar refractivity (Wildman–Crippen MR) is 151 cm³/mol. The first-order chi connectivity index (χ1) is 19.4. The number of ether oxygens (including phenoxy) is 1. The zero-order valence-electron chi connectivity index (χ0n) is 22.9. The molecule has 13 heteroatoms. The Labute approximate surface area is 240 Å². The van der Waals surface area contributed by atoms with Crippen molar-refractivity contribution in [2.75, 3.05) is 24.3 Å². The minimum Gasteiger partial charge on any atom is -0.481 e. The highest BCUT2D eigenvalue weighted by atomic mass is 35.5. The lowest BCUT2D eigenvalue weighted by molar-refractivity contribution is -0.195. The summed E-state index contributed by atoms with van der Waals surface area (Å²) in [5.74, 6) is 0.302. The quantitative estimate of drug-likeness (QED) is 0.251. The van der Waals surface area contributed by atoms with E-state index in [0.717, 1.165) is 5.01 Å². The van der Waals surface area contributed by atoms with Crippen LogP contribution in [0.1, 0.15) is 50.8 Å². The summed E-state index contributed by atoms with van der Waals surface area (Å²) in [5, 5.41) is 18.6. The van der Waals surface area contributed by atoms with Gasteiger partial charge in [-0.25, -0.2) is 4.98 Å². The molecule has 1 aliphatic carbocycles. The summed E-state index contributed by atoms with van der Waals surface area (Å²) in [6.45, 7) is 6.81. The molecule has 2 aromatic heterocycles. The Kier molecular flexibility index (Phi) is 7.29. The first-order valence-electron chi connectivity index (χ1n) is 13.0. The van der Waals surface area contributed by atoms with E-state index in [-0.39, 0.29) is 18.3 Å². The van der Waals surface area contributed by atoms with E-state index in [2.05, 4.69) is 58.4 Å². The molecule has 41 heavy (non-hydrogen) atoms. The number of fused-ring (bicyclic) bond motifs is 1. The molecule has 4 N–H and O–H groups in total. The standard InChI is InChI=1S/C28H30ClF3N8O/c1-26(2,3)15-36-22-16(12-33)13-35-23-19(22)10-17(11-20(23)29)37-24(18-6-5-9-34-25(18)41-4)21-14-40(39-38-21)27(7-8-27)28(30,31)32/h5-6,9-11,13-14,24,37-39H,7-8,15H2,1-4H3,(H,35,36)/t24-/m0/s1. The van der Waals surface area contributed by atoms with Crippen molar-refractivity contribution in [3.63, 3.8) is 0 Å². The molecule has 0 saturated heterocycles. The number of nitrogens with one attached hydrogen (secondary N) is 4. The highest BCUT2D eigenvalue weighted by Crippen LogP contribution is 2.54. The van der Waals surface area contributed by atoms with Crippen molar-refractivity contribution in [2.24, 2.45) is 5.41 Å². The minimum absolute atomic E-state index is 0.0118. The number of pyridine rings is 2. The van der Waals surface area contributed by atoms with Crippen LogP contribution in [0.15, 0.2) is 48.6 Å². The second-order valence-electron chi connectivity index (χ2n) is 11.3. The number of nitrogens with zero attached hydrogens (tertiary/aromatic N) is 4. The van der Waals surface area contributed by atoms with E-state index < -0.39 is 17.8 Å². The van der Waals surface area contributed by atoms with Gasteiger partial charge in [-0.1, -0.05) is 32.4 Å². The monoisotopic (exact) mass is 586 g/mol.